The minimum Gasteiger partial charge on any atom is -0.311 e. The van der Waals surface area contributed by atoms with Crippen LogP contribution in [0.2, 0.25) is 0 Å². The second kappa shape index (κ2) is 28.9. The Labute approximate surface area is 723 Å². The van der Waals surface area contributed by atoms with E-state index >= 15 is 0 Å². The Morgan fingerprint density at radius 3 is 0.843 bits per heavy atom. The summed E-state index contributed by atoms with van der Waals surface area (Å²) < 4.78 is 5.07. The van der Waals surface area contributed by atoms with Gasteiger partial charge in [-0.3, -0.25) is 0 Å². The molecule has 0 amide bonds. The maximum Gasteiger partial charge on any atom is 0.252 e. The van der Waals surface area contributed by atoms with E-state index < -0.39 is 0 Å². The first-order valence-electron chi connectivity index (χ1n) is 45.0. The van der Waals surface area contributed by atoms with Crippen LogP contribution in [0.3, 0.4) is 0 Å². The zero-order valence-corrected chi connectivity index (χ0v) is 76.7. The van der Waals surface area contributed by atoms with Crippen molar-refractivity contribution in [1.29, 1.82) is 0 Å². The maximum atomic E-state index is 2.75. The van der Waals surface area contributed by atoms with Gasteiger partial charge in [0.25, 0.3) is 6.71 Å². The molecular weight excluding hydrogens is 1460 g/mol. The largest absolute Gasteiger partial charge is 0.311 e. The molecule has 0 atom stereocenters. The topological polar surface area (TPSA) is 16.3 Å². The standard InChI is InChI=1S/C116H125BN4/c1-109(2,3)80-42-36-73(37-43-80)90-66-82(111(7,8)9)46-54-98(90)120-104-52-40-77(75-32-28-34-88(60-75)118-100-56-48-84(113(13,14)15)68-92(100)93-69-85(114(16,17)18)49-57-101(93)118)62-96(104)117-97-63-78(76-33-29-35-89(61-76)119-102-58-50-86(115(19,20)21)70-94(102)95-71-87(116(22,23)24)51-59-103(95)119)41-53-105(97)121(107-65-79(64-106(120)108(107)117)72-30-26-25-27-31-72)99-55-47-83(112(10,11)12)67-91(99)74-38-44-81(45-39-74)110(4,5)6/h28-29,32-72H,25-27,30-31H2,1-24H3. The fourth-order valence-electron chi connectivity index (χ4n) is 19.9. The van der Waals surface area contributed by atoms with Crippen LogP contribution in [0.1, 0.15) is 254 Å². The van der Waals surface area contributed by atoms with Crippen molar-refractivity contribution in [1.82, 2.24) is 9.13 Å². The Hall–Kier alpha value is -10.9. The van der Waals surface area contributed by atoms with Gasteiger partial charge in [0.1, 0.15) is 0 Å². The number of hydrogen-bond acceptors (Lipinski definition) is 2. The van der Waals surface area contributed by atoms with Gasteiger partial charge in [0.15, 0.2) is 0 Å². The summed E-state index contributed by atoms with van der Waals surface area (Å²) in [5.74, 6) is 0.385. The van der Waals surface area contributed by atoms with Gasteiger partial charge in [-0.2, -0.15) is 0 Å². The van der Waals surface area contributed by atoms with E-state index in [0.29, 0.717) is 5.92 Å². The second-order valence-electron chi connectivity index (χ2n) is 44.3. The quantitative estimate of drug-likeness (QED) is 0.134. The van der Waals surface area contributed by atoms with Crippen LogP contribution in [0.25, 0.3) is 99.5 Å². The SMILES string of the molecule is CC(C)(C)c1ccc(-c2cc(C(C)(C)C)ccc2N2c3ccc(-c4cccc(-n5c6ccc(C(C)(C)C)cc6c6cc(C(C)(C)C)ccc65)c4)cc3B3c4cc(-c5cccc(-n6c7ccc(C(C)(C)C)cc7c7cc(C(C)(C)C)ccc76)c5)ccc4N(c4ccc(C(C)(C)C)cc4-c4ccc(C(C)(C)C)cc4)c4cc(C5CCCCC5)cc2c43)cc1. The zero-order valence-electron chi connectivity index (χ0n) is 76.7. The van der Waals surface area contributed by atoms with Crippen molar-refractivity contribution in [2.45, 2.75) is 248 Å². The first-order chi connectivity index (χ1) is 57.0. The van der Waals surface area contributed by atoms with Gasteiger partial charge in [-0.15, -0.1) is 0 Å². The maximum absolute atomic E-state index is 2.75. The Morgan fingerprint density at radius 1 is 0.240 bits per heavy atom. The van der Waals surface area contributed by atoms with Crippen molar-refractivity contribution < 1.29 is 0 Å². The van der Waals surface area contributed by atoms with Crippen molar-refractivity contribution in [2.24, 2.45) is 0 Å². The smallest absolute Gasteiger partial charge is 0.252 e. The fourth-order valence-corrected chi connectivity index (χ4v) is 19.9. The van der Waals surface area contributed by atoms with Gasteiger partial charge in [-0.25, -0.2) is 0 Å². The van der Waals surface area contributed by atoms with E-state index in [1.165, 1.54) is 208 Å². The van der Waals surface area contributed by atoms with Crippen molar-refractivity contribution in [3.05, 3.63) is 305 Å². The normalized spacial score (nSPS) is 14.5. The molecule has 5 heteroatoms. The second-order valence-corrected chi connectivity index (χ2v) is 44.3. The molecule has 2 aromatic heterocycles. The van der Waals surface area contributed by atoms with Crippen LogP contribution < -0.4 is 26.2 Å². The molecule has 0 saturated heterocycles. The van der Waals surface area contributed by atoms with Crippen molar-refractivity contribution in [2.75, 3.05) is 9.80 Å². The highest BCUT2D eigenvalue weighted by molar-refractivity contribution is 7.00. The molecule has 13 aromatic carbocycles. The van der Waals surface area contributed by atoms with Crippen LogP contribution in [0.15, 0.2) is 255 Å². The summed E-state index contributed by atoms with van der Waals surface area (Å²) in [5.41, 5.74) is 39.5. The molecule has 2 aliphatic heterocycles. The van der Waals surface area contributed by atoms with Gasteiger partial charge in [-0.1, -0.05) is 319 Å². The van der Waals surface area contributed by atoms with Crippen molar-refractivity contribution in [3.63, 3.8) is 0 Å². The molecule has 0 spiro atoms. The lowest BCUT2D eigenvalue weighted by Gasteiger charge is -2.46. The number of anilines is 6. The van der Waals surface area contributed by atoms with Gasteiger partial charge >= 0.3 is 0 Å². The molecule has 1 aliphatic carbocycles. The highest BCUT2D eigenvalue weighted by Gasteiger charge is 2.46. The van der Waals surface area contributed by atoms with Crippen LogP contribution in [0.5, 0.6) is 0 Å². The molecule has 612 valence electrons. The lowest BCUT2D eigenvalue weighted by Crippen LogP contribution is -2.61. The van der Waals surface area contributed by atoms with Gasteiger partial charge in [0.05, 0.1) is 33.4 Å². The van der Waals surface area contributed by atoms with Gasteiger partial charge < -0.3 is 18.9 Å². The molecule has 1 fully saturated rings. The predicted molar refractivity (Wildman–Crippen MR) is 526 cm³/mol. The summed E-state index contributed by atoms with van der Waals surface area (Å²) in [4.78, 5) is 5.50. The van der Waals surface area contributed by atoms with Crippen LogP contribution in [0, 0.1) is 0 Å². The zero-order chi connectivity index (χ0) is 85.5. The number of rotatable bonds is 9. The number of hydrogen-bond donors (Lipinski definition) is 0. The Morgan fingerprint density at radius 2 is 0.521 bits per heavy atom. The molecule has 0 unspecified atom stereocenters. The van der Waals surface area contributed by atoms with E-state index in [2.05, 4.69) is 440 Å². The van der Waals surface area contributed by atoms with Crippen LogP contribution in [-0.2, 0) is 43.3 Å². The van der Waals surface area contributed by atoms with Crippen molar-refractivity contribution in [3.8, 4) is 55.9 Å². The third kappa shape index (κ3) is 14.6. The average molecular weight is 1590 g/mol. The van der Waals surface area contributed by atoms with E-state index in [1.54, 1.807) is 0 Å². The summed E-state index contributed by atoms with van der Waals surface area (Å²) in [5, 5.41) is 5.16. The van der Waals surface area contributed by atoms with Gasteiger partial charge in [-0.05, 0) is 283 Å². The monoisotopic (exact) mass is 1580 g/mol. The molecule has 1 saturated carbocycles. The summed E-state index contributed by atoms with van der Waals surface area (Å²) in [6.07, 6.45) is 6.03. The molecule has 121 heavy (non-hydrogen) atoms. The average Bonchev–Trinajstić information content (AvgIpc) is 1.39. The van der Waals surface area contributed by atoms with Crippen LogP contribution in [-0.4, -0.2) is 15.8 Å². The lowest BCUT2D eigenvalue weighted by atomic mass is 9.33. The Kier molecular flexibility index (Phi) is 19.4. The summed E-state index contributed by atoms with van der Waals surface area (Å²) in [6.45, 7) is 56.0. The van der Waals surface area contributed by atoms with E-state index in [0.717, 1.165) is 24.2 Å². The predicted octanol–water partition coefficient (Wildman–Crippen LogP) is 31.1. The fraction of sp³-hybridized carbons (Fsp3) is 0.328. The van der Waals surface area contributed by atoms with Crippen LogP contribution >= 0.6 is 0 Å². The van der Waals surface area contributed by atoms with E-state index in [-0.39, 0.29) is 50.0 Å². The number of fused-ring (bicyclic) bond motifs is 10. The van der Waals surface area contributed by atoms with E-state index in [1.807, 2.05) is 0 Å². The minimum absolute atomic E-state index is 0.0193. The first-order valence-corrected chi connectivity index (χ1v) is 45.0. The number of benzene rings is 13. The third-order valence-electron chi connectivity index (χ3n) is 27.4. The molecule has 0 bridgehead atoms. The molecule has 18 rings (SSSR count). The third-order valence-corrected chi connectivity index (χ3v) is 27.4. The number of nitrogens with zero attached hydrogens (tertiary/aromatic N) is 4. The highest BCUT2D eigenvalue weighted by atomic mass is 15.2. The Bertz CT molecular complexity index is 6090. The summed E-state index contributed by atoms with van der Waals surface area (Å²) in [7, 11) is 0. The lowest BCUT2D eigenvalue weighted by molar-refractivity contribution is 0.444. The molecule has 0 N–H and O–H groups in total. The van der Waals surface area contributed by atoms with E-state index in [4.69, 9.17) is 0 Å². The molecule has 0 radical (unpaired) electrons. The van der Waals surface area contributed by atoms with Gasteiger partial charge in [0.2, 0.25) is 0 Å². The molecule has 3 aliphatic rings. The Balaban J connectivity index is 0.935. The van der Waals surface area contributed by atoms with Gasteiger partial charge in [0, 0.05) is 66.8 Å². The highest BCUT2D eigenvalue weighted by Crippen LogP contribution is 2.53. The summed E-state index contributed by atoms with van der Waals surface area (Å²) >= 11 is 0. The van der Waals surface area contributed by atoms with Crippen LogP contribution in [0.4, 0.5) is 34.1 Å². The van der Waals surface area contributed by atoms with E-state index in [9.17, 15) is 0 Å². The van der Waals surface area contributed by atoms with Crippen molar-refractivity contribution >= 4 is 101 Å². The molecule has 15 aromatic rings. The molecule has 4 nitrogen and oxygen atoms in total. The molecular formula is C116H125BN4. The summed E-state index contributed by atoms with van der Waals surface area (Å²) in [6, 6.07) is 102. The minimum atomic E-state index is -0.223. The first kappa shape index (κ1) is 81.1. The number of aromatic nitrogens is 2. The molecule has 4 heterocycles.